The van der Waals surface area contributed by atoms with Crippen molar-refractivity contribution in [2.24, 2.45) is 17.8 Å². The molecule has 5 heterocycles. The molecule has 0 unspecified atom stereocenters. The highest BCUT2D eigenvalue weighted by atomic mass is 35.5. The zero-order valence-corrected chi connectivity index (χ0v) is 29.9. The summed E-state index contributed by atoms with van der Waals surface area (Å²) < 4.78 is 5.41. The van der Waals surface area contributed by atoms with Gasteiger partial charge in [0.15, 0.2) is 10.9 Å². The number of nitrogens with zero attached hydrogens (tertiary/aromatic N) is 6. The lowest BCUT2D eigenvalue weighted by molar-refractivity contribution is 0.0532. The summed E-state index contributed by atoms with van der Waals surface area (Å²) in [7, 11) is 0. The van der Waals surface area contributed by atoms with Gasteiger partial charge in [-0.15, -0.1) is 0 Å². The van der Waals surface area contributed by atoms with Gasteiger partial charge in [-0.3, -0.25) is 9.69 Å². The number of H-pyrrole nitrogens is 1. The number of ether oxygens (including phenoxy) is 1. The van der Waals surface area contributed by atoms with Crippen LogP contribution in [-0.2, 0) is 4.74 Å². The van der Waals surface area contributed by atoms with Crippen molar-refractivity contribution in [2.45, 2.75) is 65.7 Å². The van der Waals surface area contributed by atoms with Crippen molar-refractivity contribution in [3.63, 3.8) is 0 Å². The minimum atomic E-state index is -0.406. The largest absolute Gasteiger partial charge is 0.462 e. The lowest BCUT2D eigenvalue weighted by Crippen LogP contribution is -2.48. The number of hydrogen-bond donors (Lipinski definition) is 1. The van der Waals surface area contributed by atoms with E-state index in [0.717, 1.165) is 49.5 Å². The Morgan fingerprint density at radius 1 is 1.00 bits per heavy atom. The number of aromatic amines is 1. The van der Waals surface area contributed by atoms with E-state index in [-0.39, 0.29) is 24.2 Å². The van der Waals surface area contributed by atoms with E-state index < -0.39 is 5.97 Å². The molecule has 0 spiro atoms. The molecule has 13 heteroatoms. The number of carbonyl (C=O) groups excluding carboxylic acids is 2. The molecule has 10 nitrogen and oxygen atoms in total. The van der Waals surface area contributed by atoms with E-state index in [1.807, 2.05) is 0 Å². The predicted octanol–water partition coefficient (Wildman–Crippen LogP) is 7.16. The van der Waals surface area contributed by atoms with E-state index in [1.54, 1.807) is 26.2 Å². The Morgan fingerprint density at radius 2 is 1.77 bits per heavy atom. The van der Waals surface area contributed by atoms with E-state index in [4.69, 9.17) is 42.9 Å². The van der Waals surface area contributed by atoms with Crippen LogP contribution in [0.15, 0.2) is 12.4 Å². The van der Waals surface area contributed by atoms with Crippen LogP contribution in [0, 0.1) is 24.7 Å². The van der Waals surface area contributed by atoms with Crippen molar-refractivity contribution in [3.8, 4) is 11.4 Å². The number of carbonyl (C=O) groups is 2. The second kappa shape index (κ2) is 15.2. The van der Waals surface area contributed by atoms with E-state index in [9.17, 15) is 9.59 Å². The Hall–Kier alpha value is -2.73. The topological polar surface area (TPSA) is 108 Å². The van der Waals surface area contributed by atoms with E-state index in [0.29, 0.717) is 57.2 Å². The van der Waals surface area contributed by atoms with E-state index in [2.05, 4.69) is 26.6 Å². The normalized spacial score (nSPS) is 21.3. The lowest BCUT2D eigenvalue weighted by atomic mass is 9.83. The number of piperidine rings is 1. The monoisotopic (exact) mass is 701 g/mol. The SMILES string of the molecule is CCOC(=O)c1sc(N2CC[C@@H](CC(=O)c3[nH]c(C)c(Cl)c3Cl)[C@@H](C)C2)nc1-c1cnc(N2CCN(CC3CCCCC3)CC2)cn1. The maximum Gasteiger partial charge on any atom is 0.350 e. The number of aryl methyl sites for hydroxylation is 1. The summed E-state index contributed by atoms with van der Waals surface area (Å²) in [5.41, 5.74) is 2.14. The minimum Gasteiger partial charge on any atom is -0.462 e. The standard InChI is InChI=1S/C34H45Cl2N7O3S/c1-4-46-33(45)32-30(25-17-38-27(18-37-25)42-14-12-41(13-15-42)20-23-8-6-5-7-9-23)40-34(47-32)43-11-10-24(21(2)19-43)16-26(44)31-29(36)28(35)22(3)39-31/h17-18,21,23-24,39H,4-16,19-20H2,1-3H3/t21-,24-/m0/s1. The van der Waals surface area contributed by atoms with Gasteiger partial charge in [-0.2, -0.15) is 0 Å². The summed E-state index contributed by atoms with van der Waals surface area (Å²) in [6, 6.07) is 0. The number of hydrogen-bond acceptors (Lipinski definition) is 10. The number of rotatable bonds is 10. The third kappa shape index (κ3) is 7.79. The van der Waals surface area contributed by atoms with Crippen LogP contribution in [0.3, 0.4) is 0 Å². The molecule has 47 heavy (non-hydrogen) atoms. The Balaban J connectivity index is 1.10. The molecule has 3 aromatic heterocycles. The van der Waals surface area contributed by atoms with E-state index >= 15 is 0 Å². The smallest absolute Gasteiger partial charge is 0.350 e. The lowest BCUT2D eigenvalue weighted by Gasteiger charge is -2.37. The minimum absolute atomic E-state index is 0.0280. The fourth-order valence-electron chi connectivity index (χ4n) is 7.23. The van der Waals surface area contributed by atoms with Crippen LogP contribution in [0.4, 0.5) is 10.9 Å². The quantitative estimate of drug-likeness (QED) is 0.174. The fraction of sp³-hybridized carbons (Fsp3) is 0.618. The second-order valence-electron chi connectivity index (χ2n) is 13.3. The van der Waals surface area contributed by atoms with Gasteiger partial charge < -0.3 is 19.5 Å². The van der Waals surface area contributed by atoms with Crippen molar-refractivity contribution >= 4 is 57.2 Å². The number of esters is 1. The molecule has 1 saturated carbocycles. The number of anilines is 2. The first-order chi connectivity index (χ1) is 22.7. The molecule has 3 fully saturated rings. The molecule has 254 valence electrons. The van der Waals surface area contributed by atoms with Crippen molar-refractivity contribution < 1.29 is 14.3 Å². The highest BCUT2D eigenvalue weighted by molar-refractivity contribution is 7.17. The van der Waals surface area contributed by atoms with Gasteiger partial charge in [0.1, 0.15) is 27.8 Å². The molecule has 2 aliphatic heterocycles. The summed E-state index contributed by atoms with van der Waals surface area (Å²) in [4.78, 5) is 51.1. The molecule has 6 rings (SSSR count). The molecule has 3 aromatic rings. The third-order valence-electron chi connectivity index (χ3n) is 10.0. The second-order valence-corrected chi connectivity index (χ2v) is 15.0. The summed E-state index contributed by atoms with van der Waals surface area (Å²) in [6.45, 7) is 12.6. The average Bonchev–Trinajstić information content (AvgIpc) is 3.64. The van der Waals surface area contributed by atoms with Crippen LogP contribution >= 0.6 is 34.5 Å². The van der Waals surface area contributed by atoms with Crippen molar-refractivity contribution in [1.82, 2.24) is 24.8 Å². The Kier molecular flexibility index (Phi) is 11.1. The van der Waals surface area contributed by atoms with Gasteiger partial charge in [0, 0.05) is 57.9 Å². The third-order valence-corrected chi connectivity index (χ3v) is 12.1. The molecule has 0 aromatic carbocycles. The van der Waals surface area contributed by atoms with Gasteiger partial charge >= 0.3 is 5.97 Å². The molecule has 0 amide bonds. The van der Waals surface area contributed by atoms with Crippen molar-refractivity contribution in [1.29, 1.82) is 0 Å². The molecule has 0 bridgehead atoms. The Labute approximate surface area is 291 Å². The molecule has 3 aliphatic rings. The van der Waals surface area contributed by atoms with Crippen LogP contribution in [0.2, 0.25) is 10.0 Å². The molecular formula is C34H45Cl2N7O3S. The number of piperazine rings is 1. The number of ketones is 1. The summed E-state index contributed by atoms with van der Waals surface area (Å²) >= 11 is 13.8. The predicted molar refractivity (Wildman–Crippen MR) is 188 cm³/mol. The van der Waals surface area contributed by atoms with Crippen molar-refractivity contribution in [3.05, 3.63) is 38.7 Å². The first-order valence-electron chi connectivity index (χ1n) is 17.0. The molecular weight excluding hydrogens is 657 g/mol. The van der Waals surface area contributed by atoms with Gasteiger partial charge in [0.25, 0.3) is 0 Å². The van der Waals surface area contributed by atoms with Gasteiger partial charge in [0.2, 0.25) is 0 Å². The number of nitrogens with one attached hydrogen (secondary N) is 1. The maximum atomic E-state index is 13.1. The number of thiazole rings is 1. The maximum absolute atomic E-state index is 13.1. The summed E-state index contributed by atoms with van der Waals surface area (Å²) in [5.74, 6) is 1.68. The van der Waals surface area contributed by atoms with Gasteiger partial charge in [0.05, 0.1) is 29.0 Å². The van der Waals surface area contributed by atoms with Crippen LogP contribution in [0.25, 0.3) is 11.4 Å². The highest BCUT2D eigenvalue weighted by Gasteiger charge is 2.33. The average molecular weight is 703 g/mol. The Bertz CT molecular complexity index is 1550. The van der Waals surface area contributed by atoms with E-state index in [1.165, 1.54) is 50.0 Å². The fourth-order valence-corrected chi connectivity index (χ4v) is 8.67. The van der Waals surface area contributed by atoms with Gasteiger partial charge in [-0.1, -0.05) is 60.7 Å². The molecule has 0 radical (unpaired) electrons. The zero-order chi connectivity index (χ0) is 33.1. The first kappa shape index (κ1) is 34.1. The summed E-state index contributed by atoms with van der Waals surface area (Å²) in [5, 5.41) is 1.44. The number of aromatic nitrogens is 4. The van der Waals surface area contributed by atoms with Gasteiger partial charge in [-0.05, 0) is 50.9 Å². The molecule has 1 aliphatic carbocycles. The van der Waals surface area contributed by atoms with Crippen LogP contribution < -0.4 is 9.80 Å². The van der Waals surface area contributed by atoms with Gasteiger partial charge in [-0.25, -0.2) is 19.7 Å². The molecule has 2 saturated heterocycles. The van der Waals surface area contributed by atoms with Crippen molar-refractivity contribution in [2.75, 3.05) is 62.2 Å². The number of Topliss-reactive ketones (excluding diaryl/α,β-unsaturated/α-hetero) is 1. The number of halogens is 2. The van der Waals surface area contributed by atoms with Crippen LogP contribution in [-0.4, -0.2) is 89.0 Å². The summed E-state index contributed by atoms with van der Waals surface area (Å²) in [6.07, 6.45) is 11.6. The van der Waals surface area contributed by atoms with Crippen LogP contribution in [0.1, 0.15) is 84.6 Å². The Morgan fingerprint density at radius 3 is 2.40 bits per heavy atom. The molecule has 2 atom stereocenters. The van der Waals surface area contributed by atoms with Crippen LogP contribution in [0.5, 0.6) is 0 Å². The first-order valence-corrected chi connectivity index (χ1v) is 18.6. The zero-order valence-electron chi connectivity index (χ0n) is 27.6. The highest BCUT2D eigenvalue weighted by Crippen LogP contribution is 2.38. The molecule has 1 N–H and O–H groups in total.